The lowest BCUT2D eigenvalue weighted by atomic mass is 10.1. The first-order valence-electron chi connectivity index (χ1n) is 8.25. The van der Waals surface area contributed by atoms with Crippen molar-refractivity contribution in [3.8, 4) is 0 Å². The Morgan fingerprint density at radius 2 is 1.68 bits per heavy atom. The Balaban J connectivity index is 1.64. The van der Waals surface area contributed by atoms with Crippen LogP contribution in [0.25, 0.3) is 0 Å². The number of nitrogens with zero attached hydrogens (tertiary/aromatic N) is 3. The number of carbonyl (C=O) groups excluding carboxylic acids is 3. The Hall–Kier alpha value is -2.77. The topological polar surface area (TPSA) is 82.1 Å². The molecule has 0 aliphatic carbocycles. The van der Waals surface area contributed by atoms with Crippen molar-refractivity contribution in [1.29, 1.82) is 0 Å². The van der Waals surface area contributed by atoms with E-state index in [-0.39, 0.29) is 29.7 Å². The molecule has 1 N–H and O–H groups in total. The second-order valence-electron chi connectivity index (χ2n) is 6.01. The largest absolute Gasteiger partial charge is 0.337 e. The molecule has 0 aromatic heterocycles. The predicted octanol–water partition coefficient (Wildman–Crippen LogP) is 0.766. The summed E-state index contributed by atoms with van der Waals surface area (Å²) in [5.41, 5.74) is 2.69. The SMILES string of the molecule is O=C1CCC(C(=O)N2CCCN(C(=O)c3ccccc3F)CC2)=NN1. The molecule has 0 atom stereocenters. The number of benzene rings is 1. The minimum atomic E-state index is -0.544. The summed E-state index contributed by atoms with van der Waals surface area (Å²) in [6.45, 7) is 1.64. The van der Waals surface area contributed by atoms with Gasteiger partial charge in [0.15, 0.2) is 0 Å². The van der Waals surface area contributed by atoms with E-state index in [1.807, 2.05) is 0 Å². The fourth-order valence-electron chi connectivity index (χ4n) is 2.94. The molecule has 132 valence electrons. The van der Waals surface area contributed by atoms with Crippen molar-refractivity contribution in [2.45, 2.75) is 19.3 Å². The first-order chi connectivity index (χ1) is 12.1. The van der Waals surface area contributed by atoms with E-state index in [1.165, 1.54) is 12.1 Å². The molecule has 0 saturated carbocycles. The Morgan fingerprint density at radius 1 is 1.00 bits per heavy atom. The number of hydrazone groups is 1. The number of hydrogen-bond donors (Lipinski definition) is 1. The highest BCUT2D eigenvalue weighted by Crippen LogP contribution is 2.13. The van der Waals surface area contributed by atoms with Gasteiger partial charge in [-0.25, -0.2) is 9.82 Å². The summed E-state index contributed by atoms with van der Waals surface area (Å²) in [4.78, 5) is 39.3. The highest BCUT2D eigenvalue weighted by atomic mass is 19.1. The van der Waals surface area contributed by atoms with Crippen LogP contribution in [-0.2, 0) is 9.59 Å². The zero-order chi connectivity index (χ0) is 17.8. The molecule has 3 amide bonds. The minimum absolute atomic E-state index is 0.0432. The van der Waals surface area contributed by atoms with Crippen LogP contribution in [0.4, 0.5) is 4.39 Å². The summed E-state index contributed by atoms with van der Waals surface area (Å²) in [5, 5.41) is 3.83. The Labute approximate surface area is 144 Å². The summed E-state index contributed by atoms with van der Waals surface area (Å²) in [7, 11) is 0. The zero-order valence-electron chi connectivity index (χ0n) is 13.7. The molecule has 1 aromatic carbocycles. The molecular formula is C17H19FN4O3. The third-order valence-electron chi connectivity index (χ3n) is 4.33. The zero-order valence-corrected chi connectivity index (χ0v) is 13.7. The van der Waals surface area contributed by atoms with Gasteiger partial charge in [-0.1, -0.05) is 12.1 Å². The number of hydrogen-bond acceptors (Lipinski definition) is 4. The monoisotopic (exact) mass is 346 g/mol. The Bertz CT molecular complexity index is 734. The molecule has 3 rings (SSSR count). The van der Waals surface area contributed by atoms with Gasteiger partial charge in [0.1, 0.15) is 11.5 Å². The lowest BCUT2D eigenvalue weighted by Gasteiger charge is -2.23. The summed E-state index contributed by atoms with van der Waals surface area (Å²) in [5.74, 6) is -1.33. The lowest BCUT2D eigenvalue weighted by molar-refractivity contribution is -0.124. The van der Waals surface area contributed by atoms with Crippen molar-refractivity contribution >= 4 is 23.4 Å². The van der Waals surface area contributed by atoms with Gasteiger partial charge in [-0.2, -0.15) is 5.10 Å². The van der Waals surface area contributed by atoms with Gasteiger partial charge in [0.25, 0.3) is 11.8 Å². The van der Waals surface area contributed by atoms with Crippen molar-refractivity contribution in [1.82, 2.24) is 15.2 Å². The number of halogens is 1. The van der Waals surface area contributed by atoms with Gasteiger partial charge in [-0.3, -0.25) is 14.4 Å². The van der Waals surface area contributed by atoms with Crippen LogP contribution >= 0.6 is 0 Å². The fraction of sp³-hybridized carbons (Fsp3) is 0.412. The van der Waals surface area contributed by atoms with Gasteiger partial charge in [-0.05, 0) is 18.6 Å². The molecule has 1 saturated heterocycles. The van der Waals surface area contributed by atoms with Crippen molar-refractivity contribution in [3.63, 3.8) is 0 Å². The van der Waals surface area contributed by atoms with Gasteiger partial charge in [-0.15, -0.1) is 0 Å². The molecule has 8 heteroatoms. The molecule has 2 heterocycles. The molecule has 0 spiro atoms. The maximum atomic E-state index is 13.8. The smallest absolute Gasteiger partial charge is 0.270 e. The molecule has 2 aliphatic rings. The molecule has 1 fully saturated rings. The van der Waals surface area contributed by atoms with Crippen LogP contribution in [0.1, 0.15) is 29.6 Å². The van der Waals surface area contributed by atoms with Crippen LogP contribution in [0, 0.1) is 5.82 Å². The average Bonchev–Trinajstić information content (AvgIpc) is 2.88. The number of rotatable bonds is 2. The maximum absolute atomic E-state index is 13.8. The average molecular weight is 346 g/mol. The first kappa shape index (κ1) is 17.1. The van der Waals surface area contributed by atoms with E-state index in [0.29, 0.717) is 44.7 Å². The third-order valence-corrected chi connectivity index (χ3v) is 4.33. The first-order valence-corrected chi connectivity index (χ1v) is 8.25. The molecule has 2 aliphatic heterocycles. The number of amides is 3. The third kappa shape index (κ3) is 3.84. The van der Waals surface area contributed by atoms with E-state index in [0.717, 1.165) is 0 Å². The maximum Gasteiger partial charge on any atom is 0.270 e. The molecular weight excluding hydrogens is 327 g/mol. The van der Waals surface area contributed by atoms with Crippen molar-refractivity contribution in [3.05, 3.63) is 35.6 Å². The van der Waals surface area contributed by atoms with Gasteiger partial charge in [0.05, 0.1) is 5.56 Å². The molecule has 25 heavy (non-hydrogen) atoms. The van der Waals surface area contributed by atoms with E-state index in [1.54, 1.807) is 21.9 Å². The normalized spacial score (nSPS) is 18.3. The molecule has 0 unspecified atom stereocenters. The summed E-state index contributed by atoms with van der Waals surface area (Å²) >= 11 is 0. The van der Waals surface area contributed by atoms with Crippen molar-refractivity contribution < 1.29 is 18.8 Å². The van der Waals surface area contributed by atoms with E-state index < -0.39 is 5.82 Å². The second kappa shape index (κ2) is 7.42. The summed E-state index contributed by atoms with van der Waals surface area (Å²) < 4.78 is 13.8. The predicted molar refractivity (Wildman–Crippen MR) is 88.3 cm³/mol. The second-order valence-corrected chi connectivity index (χ2v) is 6.01. The van der Waals surface area contributed by atoms with Gasteiger partial charge >= 0.3 is 0 Å². The highest BCUT2D eigenvalue weighted by Gasteiger charge is 2.27. The molecule has 7 nitrogen and oxygen atoms in total. The van der Waals surface area contributed by atoms with Gasteiger partial charge < -0.3 is 9.80 Å². The van der Waals surface area contributed by atoms with E-state index >= 15 is 0 Å². The van der Waals surface area contributed by atoms with Crippen molar-refractivity contribution in [2.24, 2.45) is 5.10 Å². The number of carbonyl (C=O) groups is 3. The molecule has 1 aromatic rings. The van der Waals surface area contributed by atoms with Gasteiger partial charge in [0.2, 0.25) is 5.91 Å². The van der Waals surface area contributed by atoms with Crippen LogP contribution in [-0.4, -0.2) is 59.4 Å². The van der Waals surface area contributed by atoms with Crippen LogP contribution in [0.5, 0.6) is 0 Å². The lowest BCUT2D eigenvalue weighted by Crippen LogP contribution is -2.42. The summed E-state index contributed by atoms with van der Waals surface area (Å²) in [6, 6.07) is 5.89. The molecule has 0 bridgehead atoms. The van der Waals surface area contributed by atoms with E-state index in [2.05, 4.69) is 10.5 Å². The van der Waals surface area contributed by atoms with E-state index in [4.69, 9.17) is 0 Å². The van der Waals surface area contributed by atoms with Crippen LogP contribution < -0.4 is 5.43 Å². The van der Waals surface area contributed by atoms with Crippen LogP contribution in [0.3, 0.4) is 0 Å². The van der Waals surface area contributed by atoms with Crippen molar-refractivity contribution in [2.75, 3.05) is 26.2 Å². The highest BCUT2D eigenvalue weighted by molar-refractivity contribution is 6.39. The van der Waals surface area contributed by atoms with Crippen LogP contribution in [0.15, 0.2) is 29.4 Å². The van der Waals surface area contributed by atoms with Gasteiger partial charge in [0, 0.05) is 39.0 Å². The Kier molecular flexibility index (Phi) is 5.06. The van der Waals surface area contributed by atoms with Crippen LogP contribution in [0.2, 0.25) is 0 Å². The quantitative estimate of drug-likeness (QED) is 0.859. The van der Waals surface area contributed by atoms with E-state index in [9.17, 15) is 18.8 Å². The fourth-order valence-corrected chi connectivity index (χ4v) is 2.94. The molecule has 0 radical (unpaired) electrons. The number of nitrogens with one attached hydrogen (secondary N) is 1. The standard InChI is InChI=1S/C17H19FN4O3/c18-13-5-2-1-4-12(13)16(24)21-8-3-9-22(11-10-21)17(25)14-6-7-15(23)20-19-14/h1-2,4-5H,3,6-11H2,(H,20,23). The minimum Gasteiger partial charge on any atom is -0.337 e. The Morgan fingerprint density at radius 3 is 2.32 bits per heavy atom. The summed E-state index contributed by atoms with van der Waals surface area (Å²) in [6.07, 6.45) is 1.17.